The molecular formula is C18H26N2O. The fourth-order valence-electron chi connectivity index (χ4n) is 4.20. The number of rotatable bonds is 1. The predicted octanol–water partition coefficient (Wildman–Crippen LogP) is 3.27. The van der Waals surface area contributed by atoms with Crippen molar-refractivity contribution in [2.45, 2.75) is 63.6 Å². The van der Waals surface area contributed by atoms with Crippen molar-refractivity contribution in [2.24, 2.45) is 0 Å². The van der Waals surface area contributed by atoms with Gasteiger partial charge in [-0.15, -0.1) is 0 Å². The first-order valence-electron chi connectivity index (χ1n) is 8.20. The summed E-state index contributed by atoms with van der Waals surface area (Å²) in [7, 11) is 0. The summed E-state index contributed by atoms with van der Waals surface area (Å²) in [5.41, 5.74) is 1.29. The summed E-state index contributed by atoms with van der Waals surface area (Å²) < 4.78 is 0. The lowest BCUT2D eigenvalue weighted by Crippen LogP contribution is -2.56. The summed E-state index contributed by atoms with van der Waals surface area (Å²) in [4.78, 5) is 14.3. The molecule has 1 aromatic rings. The van der Waals surface area contributed by atoms with Crippen LogP contribution in [0.1, 0.15) is 57.6 Å². The highest BCUT2D eigenvalue weighted by atomic mass is 16.2. The van der Waals surface area contributed by atoms with Crippen LogP contribution in [-0.4, -0.2) is 28.9 Å². The van der Waals surface area contributed by atoms with Gasteiger partial charge in [0, 0.05) is 25.6 Å². The molecule has 2 fully saturated rings. The number of likely N-dealkylation sites (tertiary alicyclic amines) is 1. The Bertz CT molecular complexity index is 501. The zero-order valence-corrected chi connectivity index (χ0v) is 13.1. The summed E-state index contributed by atoms with van der Waals surface area (Å²) >= 11 is 0. The molecule has 0 aromatic heterocycles. The number of amides is 1. The van der Waals surface area contributed by atoms with Gasteiger partial charge < -0.3 is 10.2 Å². The van der Waals surface area contributed by atoms with Gasteiger partial charge in [-0.1, -0.05) is 43.2 Å². The lowest BCUT2D eigenvalue weighted by Gasteiger charge is -2.43. The van der Waals surface area contributed by atoms with Gasteiger partial charge >= 0.3 is 0 Å². The Morgan fingerprint density at radius 1 is 1.24 bits per heavy atom. The maximum absolute atomic E-state index is 12.2. The van der Waals surface area contributed by atoms with E-state index in [-0.39, 0.29) is 11.4 Å². The van der Waals surface area contributed by atoms with Crippen molar-refractivity contribution in [1.29, 1.82) is 0 Å². The molecule has 3 nitrogen and oxygen atoms in total. The number of fused-ring (bicyclic) bond motifs is 1. The van der Waals surface area contributed by atoms with E-state index < -0.39 is 0 Å². The van der Waals surface area contributed by atoms with Gasteiger partial charge in [-0.3, -0.25) is 4.79 Å². The second-order valence-corrected chi connectivity index (χ2v) is 6.76. The van der Waals surface area contributed by atoms with Crippen LogP contribution in [0.4, 0.5) is 0 Å². The summed E-state index contributed by atoms with van der Waals surface area (Å²) in [6.45, 7) is 4.91. The molecule has 3 rings (SSSR count). The third-order valence-electron chi connectivity index (χ3n) is 5.34. The van der Waals surface area contributed by atoms with Gasteiger partial charge in [-0.2, -0.15) is 0 Å². The third kappa shape index (κ3) is 2.71. The lowest BCUT2D eigenvalue weighted by atomic mass is 9.83. The second kappa shape index (κ2) is 5.80. The molecule has 0 saturated carbocycles. The lowest BCUT2D eigenvalue weighted by molar-refractivity contribution is -0.135. The fraction of sp³-hybridized carbons (Fsp3) is 0.611. The molecule has 2 aliphatic heterocycles. The Kier molecular flexibility index (Phi) is 4.03. The van der Waals surface area contributed by atoms with Crippen LogP contribution in [0.3, 0.4) is 0 Å². The van der Waals surface area contributed by atoms with Gasteiger partial charge in [0.1, 0.15) is 0 Å². The van der Waals surface area contributed by atoms with Crippen LogP contribution >= 0.6 is 0 Å². The molecule has 0 bridgehead atoms. The number of hydrogen-bond donors (Lipinski definition) is 1. The minimum absolute atomic E-state index is 0.0488. The van der Waals surface area contributed by atoms with Crippen LogP contribution in [0.25, 0.3) is 0 Å². The number of carbonyl (C=O) groups is 1. The van der Waals surface area contributed by atoms with Gasteiger partial charge in [-0.25, -0.2) is 0 Å². The molecule has 2 heterocycles. The van der Waals surface area contributed by atoms with Crippen molar-refractivity contribution in [3.05, 3.63) is 35.9 Å². The average Bonchev–Trinajstić information content (AvgIpc) is 2.78. The molecule has 1 N–H and O–H groups in total. The zero-order valence-electron chi connectivity index (χ0n) is 13.1. The molecule has 2 saturated heterocycles. The summed E-state index contributed by atoms with van der Waals surface area (Å²) in [5.74, 6) is 0.222. The highest BCUT2D eigenvalue weighted by molar-refractivity contribution is 5.74. The topological polar surface area (TPSA) is 32.3 Å². The van der Waals surface area contributed by atoms with Gasteiger partial charge in [0.15, 0.2) is 0 Å². The molecule has 1 amide bonds. The van der Waals surface area contributed by atoms with E-state index in [1.807, 2.05) is 0 Å². The van der Waals surface area contributed by atoms with E-state index in [1.54, 1.807) is 6.92 Å². The van der Waals surface area contributed by atoms with Gasteiger partial charge in [-0.05, 0) is 31.7 Å². The molecule has 0 aliphatic carbocycles. The maximum atomic E-state index is 12.2. The fourth-order valence-corrected chi connectivity index (χ4v) is 4.20. The van der Waals surface area contributed by atoms with Gasteiger partial charge in [0.05, 0.1) is 5.54 Å². The molecule has 3 heteroatoms. The number of carbonyl (C=O) groups excluding carboxylic acids is 1. The molecule has 0 spiro atoms. The SMILES string of the molecule is CC(=O)N1CCCCCC2N[C@H](c3ccccc3)C[C@@]21C. The van der Waals surface area contributed by atoms with Crippen LogP contribution in [0.5, 0.6) is 0 Å². The van der Waals surface area contributed by atoms with Crippen molar-refractivity contribution in [1.82, 2.24) is 10.2 Å². The average molecular weight is 286 g/mol. The second-order valence-electron chi connectivity index (χ2n) is 6.76. The largest absolute Gasteiger partial charge is 0.336 e. The molecule has 0 radical (unpaired) electrons. The summed E-state index contributed by atoms with van der Waals surface area (Å²) in [6, 6.07) is 11.4. The highest BCUT2D eigenvalue weighted by Crippen LogP contribution is 2.41. The van der Waals surface area contributed by atoms with Crippen LogP contribution in [0.2, 0.25) is 0 Å². The molecule has 1 aromatic carbocycles. The van der Waals surface area contributed by atoms with Crippen molar-refractivity contribution in [2.75, 3.05) is 6.54 Å². The quantitative estimate of drug-likeness (QED) is 0.859. The van der Waals surface area contributed by atoms with Crippen molar-refractivity contribution < 1.29 is 4.79 Å². The Labute approximate surface area is 127 Å². The van der Waals surface area contributed by atoms with Crippen LogP contribution in [0.15, 0.2) is 30.3 Å². The molecule has 114 valence electrons. The number of hydrogen-bond acceptors (Lipinski definition) is 2. The van der Waals surface area contributed by atoms with E-state index >= 15 is 0 Å². The third-order valence-corrected chi connectivity index (χ3v) is 5.34. The highest BCUT2D eigenvalue weighted by Gasteiger charge is 2.48. The Hall–Kier alpha value is -1.35. The Morgan fingerprint density at radius 3 is 2.71 bits per heavy atom. The van der Waals surface area contributed by atoms with E-state index in [0.717, 1.165) is 19.4 Å². The number of benzene rings is 1. The minimum Gasteiger partial charge on any atom is -0.336 e. The molecule has 1 unspecified atom stereocenters. The normalized spacial score (nSPS) is 33.1. The number of nitrogens with one attached hydrogen (secondary N) is 1. The van der Waals surface area contributed by atoms with E-state index in [9.17, 15) is 4.79 Å². The van der Waals surface area contributed by atoms with Gasteiger partial charge in [0.25, 0.3) is 0 Å². The van der Waals surface area contributed by atoms with Crippen molar-refractivity contribution in [3.63, 3.8) is 0 Å². The van der Waals surface area contributed by atoms with E-state index in [2.05, 4.69) is 47.5 Å². The van der Waals surface area contributed by atoms with Crippen LogP contribution in [-0.2, 0) is 4.79 Å². The maximum Gasteiger partial charge on any atom is 0.219 e. The molecule has 21 heavy (non-hydrogen) atoms. The first-order chi connectivity index (χ1) is 10.1. The zero-order chi connectivity index (χ0) is 14.9. The monoisotopic (exact) mass is 286 g/mol. The Balaban J connectivity index is 1.89. The van der Waals surface area contributed by atoms with E-state index in [0.29, 0.717) is 12.1 Å². The smallest absolute Gasteiger partial charge is 0.219 e. The molecular weight excluding hydrogens is 260 g/mol. The molecule has 2 aliphatic rings. The first-order valence-corrected chi connectivity index (χ1v) is 8.20. The Morgan fingerprint density at radius 2 is 2.00 bits per heavy atom. The minimum atomic E-state index is -0.0488. The van der Waals surface area contributed by atoms with E-state index in [1.165, 1.54) is 24.8 Å². The first kappa shape index (κ1) is 14.6. The van der Waals surface area contributed by atoms with E-state index in [4.69, 9.17) is 0 Å². The van der Waals surface area contributed by atoms with Crippen molar-refractivity contribution in [3.8, 4) is 0 Å². The predicted molar refractivity (Wildman–Crippen MR) is 85.0 cm³/mol. The number of nitrogens with zero attached hydrogens (tertiary/aromatic N) is 1. The van der Waals surface area contributed by atoms with Crippen molar-refractivity contribution >= 4 is 5.91 Å². The van der Waals surface area contributed by atoms with Crippen LogP contribution in [0, 0.1) is 0 Å². The standard InChI is InChI=1S/C18H26N2O/c1-14(21)20-12-8-4-7-11-17-18(20,2)13-16(19-17)15-9-5-3-6-10-15/h3,5-6,9-10,16-17,19H,4,7-8,11-13H2,1-2H3/t16-,17?,18-/m0/s1. The summed E-state index contributed by atoms with van der Waals surface area (Å²) in [6.07, 6.45) is 5.82. The van der Waals surface area contributed by atoms with Gasteiger partial charge in [0.2, 0.25) is 5.91 Å². The molecule has 3 atom stereocenters. The van der Waals surface area contributed by atoms with Crippen LogP contribution < -0.4 is 5.32 Å². The summed E-state index contributed by atoms with van der Waals surface area (Å²) in [5, 5.41) is 3.81.